The second-order valence-corrected chi connectivity index (χ2v) is 5.77. The molecule has 0 N–H and O–H groups in total. The van der Waals surface area contributed by atoms with Gasteiger partial charge in [0.25, 0.3) is 0 Å². The molecule has 0 amide bonds. The van der Waals surface area contributed by atoms with Crippen LogP contribution in [0.15, 0.2) is 48.5 Å². The first-order valence-electron chi connectivity index (χ1n) is 7.64. The molecule has 0 radical (unpaired) electrons. The van der Waals surface area contributed by atoms with E-state index in [0.717, 1.165) is 28.1 Å². The van der Waals surface area contributed by atoms with Gasteiger partial charge in [-0.2, -0.15) is 0 Å². The van der Waals surface area contributed by atoms with Crippen molar-refractivity contribution in [3.63, 3.8) is 0 Å². The Hall–Kier alpha value is -2.49. The molecule has 120 valence electrons. The van der Waals surface area contributed by atoms with Gasteiger partial charge in [0, 0.05) is 17.5 Å². The van der Waals surface area contributed by atoms with E-state index in [1.165, 1.54) is 6.07 Å². The van der Waals surface area contributed by atoms with Gasteiger partial charge in [-0.15, -0.1) is 0 Å². The number of nitrogens with zero attached hydrogens (tertiary/aromatic N) is 1. The number of hydrogen-bond acceptors (Lipinski definition) is 2. The lowest BCUT2D eigenvalue weighted by Gasteiger charge is -2.15. The largest absolute Gasteiger partial charge is 0.497 e. The highest BCUT2D eigenvalue weighted by molar-refractivity contribution is 5.81. The summed E-state index contributed by atoms with van der Waals surface area (Å²) >= 11 is 0. The van der Waals surface area contributed by atoms with E-state index in [-0.39, 0.29) is 11.9 Å². The Kier molecular flexibility index (Phi) is 4.24. The van der Waals surface area contributed by atoms with Crippen molar-refractivity contribution in [2.75, 3.05) is 7.11 Å². The van der Waals surface area contributed by atoms with E-state index in [2.05, 4.69) is 24.5 Å². The lowest BCUT2D eigenvalue weighted by molar-refractivity contribution is 0.291. The predicted octanol–water partition coefficient (Wildman–Crippen LogP) is 4.95. The maximum atomic E-state index is 13.6. The highest BCUT2D eigenvalue weighted by atomic mass is 19.1. The van der Waals surface area contributed by atoms with Gasteiger partial charge in [-0.3, -0.25) is 0 Å². The first-order valence-corrected chi connectivity index (χ1v) is 7.64. The summed E-state index contributed by atoms with van der Waals surface area (Å²) in [4.78, 5) is 0. The summed E-state index contributed by atoms with van der Waals surface area (Å²) in [7, 11) is 1.63. The molecule has 3 nitrogen and oxygen atoms in total. The fraction of sp³-hybridized carbons (Fsp3) is 0.263. The predicted molar refractivity (Wildman–Crippen MR) is 89.6 cm³/mol. The van der Waals surface area contributed by atoms with E-state index in [9.17, 15) is 4.39 Å². The van der Waals surface area contributed by atoms with Gasteiger partial charge in [-0.1, -0.05) is 6.07 Å². The molecule has 4 heteroatoms. The van der Waals surface area contributed by atoms with Crippen LogP contribution in [0.1, 0.15) is 25.6 Å². The Bertz CT molecular complexity index is 823. The number of benzene rings is 2. The quantitative estimate of drug-likeness (QED) is 0.665. The van der Waals surface area contributed by atoms with Crippen molar-refractivity contribution in [2.24, 2.45) is 0 Å². The topological polar surface area (TPSA) is 23.4 Å². The Balaban J connectivity index is 1.91. The maximum Gasteiger partial charge on any atom is 0.128 e. The van der Waals surface area contributed by atoms with Crippen LogP contribution >= 0.6 is 0 Å². The molecule has 0 bridgehead atoms. The minimum Gasteiger partial charge on any atom is -0.497 e. The van der Waals surface area contributed by atoms with E-state index in [1.54, 1.807) is 19.2 Å². The molecule has 23 heavy (non-hydrogen) atoms. The normalized spacial score (nSPS) is 11.2. The first-order chi connectivity index (χ1) is 11.1. The van der Waals surface area contributed by atoms with Crippen molar-refractivity contribution in [1.29, 1.82) is 0 Å². The van der Waals surface area contributed by atoms with E-state index in [1.807, 2.05) is 24.3 Å². The van der Waals surface area contributed by atoms with Crippen LogP contribution in [0.3, 0.4) is 0 Å². The van der Waals surface area contributed by atoms with Crippen molar-refractivity contribution in [2.45, 2.75) is 26.5 Å². The fourth-order valence-corrected chi connectivity index (χ4v) is 2.82. The zero-order valence-electron chi connectivity index (χ0n) is 13.5. The zero-order valence-corrected chi connectivity index (χ0v) is 13.5. The molecule has 0 saturated heterocycles. The summed E-state index contributed by atoms with van der Waals surface area (Å²) in [5.41, 5.74) is 1.91. The average Bonchev–Trinajstić information content (AvgIpc) is 2.90. The lowest BCUT2D eigenvalue weighted by Crippen LogP contribution is -2.08. The monoisotopic (exact) mass is 313 g/mol. The van der Waals surface area contributed by atoms with Gasteiger partial charge in [0.15, 0.2) is 0 Å². The fourth-order valence-electron chi connectivity index (χ4n) is 2.82. The molecule has 2 aromatic carbocycles. The molecule has 0 unspecified atom stereocenters. The molecule has 0 aliphatic rings. The Labute approximate surface area is 135 Å². The second kappa shape index (κ2) is 6.32. The van der Waals surface area contributed by atoms with Crippen LogP contribution in [0.25, 0.3) is 10.9 Å². The summed E-state index contributed by atoms with van der Waals surface area (Å²) in [6.07, 6.45) is 0. The molecule has 1 heterocycles. The minimum absolute atomic E-state index is 0.221. The Morgan fingerprint density at radius 1 is 1.04 bits per heavy atom. The standard InChI is InChI=1S/C19H20FNO2/c1-13(2)21-16(9-14-7-8-15(20)10-19(14)21)12-23-18-6-4-5-17(11-18)22-3/h4-11,13H,12H2,1-3H3. The molecule has 3 aromatic rings. The molecule has 3 rings (SSSR count). The number of hydrogen-bond donors (Lipinski definition) is 0. The smallest absolute Gasteiger partial charge is 0.128 e. The van der Waals surface area contributed by atoms with Crippen LogP contribution < -0.4 is 9.47 Å². The van der Waals surface area contributed by atoms with Gasteiger partial charge in [0.05, 0.1) is 18.3 Å². The number of halogens is 1. The molecule has 0 atom stereocenters. The van der Waals surface area contributed by atoms with Crippen LogP contribution in [0.2, 0.25) is 0 Å². The third-order valence-corrected chi connectivity index (χ3v) is 3.83. The maximum absolute atomic E-state index is 13.6. The van der Waals surface area contributed by atoms with Crippen LogP contribution in [0.4, 0.5) is 4.39 Å². The Morgan fingerprint density at radius 2 is 1.83 bits per heavy atom. The second-order valence-electron chi connectivity index (χ2n) is 5.77. The number of ether oxygens (including phenoxy) is 2. The number of methoxy groups -OCH3 is 1. The molecule has 0 aliphatic carbocycles. The van der Waals surface area contributed by atoms with E-state index < -0.39 is 0 Å². The van der Waals surface area contributed by atoms with Crippen molar-refractivity contribution < 1.29 is 13.9 Å². The van der Waals surface area contributed by atoms with Crippen LogP contribution in [-0.4, -0.2) is 11.7 Å². The summed E-state index contributed by atoms with van der Waals surface area (Å²) in [5, 5.41) is 1.02. The summed E-state index contributed by atoms with van der Waals surface area (Å²) in [5.74, 6) is 1.28. The molecule has 0 spiro atoms. The zero-order chi connectivity index (χ0) is 16.4. The molecule has 0 aliphatic heterocycles. The van der Waals surface area contributed by atoms with Gasteiger partial charge < -0.3 is 14.0 Å². The van der Waals surface area contributed by atoms with E-state index >= 15 is 0 Å². The van der Waals surface area contributed by atoms with Crippen molar-refractivity contribution in [3.8, 4) is 11.5 Å². The van der Waals surface area contributed by atoms with E-state index in [4.69, 9.17) is 9.47 Å². The van der Waals surface area contributed by atoms with Crippen LogP contribution in [0.5, 0.6) is 11.5 Å². The van der Waals surface area contributed by atoms with Crippen LogP contribution in [-0.2, 0) is 6.61 Å². The Morgan fingerprint density at radius 3 is 2.57 bits per heavy atom. The number of rotatable bonds is 5. The first kappa shape index (κ1) is 15.4. The van der Waals surface area contributed by atoms with Crippen molar-refractivity contribution >= 4 is 10.9 Å². The number of fused-ring (bicyclic) bond motifs is 1. The molecule has 1 aromatic heterocycles. The highest BCUT2D eigenvalue weighted by Crippen LogP contribution is 2.27. The number of aromatic nitrogens is 1. The molecule has 0 fully saturated rings. The highest BCUT2D eigenvalue weighted by Gasteiger charge is 2.13. The molecular formula is C19H20FNO2. The molecule has 0 saturated carbocycles. The SMILES string of the molecule is COc1cccc(OCc2cc3ccc(F)cc3n2C(C)C)c1. The van der Waals surface area contributed by atoms with E-state index in [0.29, 0.717) is 6.61 Å². The lowest BCUT2D eigenvalue weighted by atomic mass is 10.2. The van der Waals surface area contributed by atoms with Gasteiger partial charge >= 0.3 is 0 Å². The van der Waals surface area contributed by atoms with Gasteiger partial charge in [0.2, 0.25) is 0 Å². The van der Waals surface area contributed by atoms with Gasteiger partial charge in [-0.05, 0) is 50.2 Å². The van der Waals surface area contributed by atoms with Crippen LogP contribution in [0, 0.1) is 5.82 Å². The third kappa shape index (κ3) is 3.16. The molecular weight excluding hydrogens is 293 g/mol. The van der Waals surface area contributed by atoms with Gasteiger partial charge in [-0.25, -0.2) is 4.39 Å². The third-order valence-electron chi connectivity index (χ3n) is 3.83. The summed E-state index contributed by atoms with van der Waals surface area (Å²) in [6.45, 7) is 4.58. The van der Waals surface area contributed by atoms with Crippen molar-refractivity contribution in [1.82, 2.24) is 4.57 Å². The average molecular weight is 313 g/mol. The minimum atomic E-state index is -0.224. The van der Waals surface area contributed by atoms with Gasteiger partial charge in [0.1, 0.15) is 23.9 Å². The van der Waals surface area contributed by atoms with Crippen molar-refractivity contribution in [3.05, 3.63) is 60.0 Å². The summed E-state index contributed by atoms with van der Waals surface area (Å²) in [6, 6.07) is 14.6. The summed E-state index contributed by atoms with van der Waals surface area (Å²) < 4.78 is 26.8.